The van der Waals surface area contributed by atoms with Crippen LogP contribution in [0.25, 0.3) is 0 Å². The molecule has 2 saturated carbocycles. The molecule has 0 radical (unpaired) electrons. The molecule has 0 aliphatic heterocycles. The lowest BCUT2D eigenvalue weighted by atomic mass is 10.1. The number of nitrogens with one attached hydrogen (secondary N) is 2. The minimum absolute atomic E-state index is 0.0577. The van der Waals surface area contributed by atoms with Gasteiger partial charge in [0.2, 0.25) is 5.91 Å². The van der Waals surface area contributed by atoms with Gasteiger partial charge in [0.05, 0.1) is 5.75 Å². The number of hydrogen-bond donors (Lipinski definition) is 2. The molecule has 1 aromatic rings. The maximum Gasteiger partial charge on any atom is 0.343 e. The maximum absolute atomic E-state index is 12.1. The quantitative estimate of drug-likeness (QED) is 0.711. The Morgan fingerprint density at radius 2 is 2.10 bits per heavy atom. The fourth-order valence-electron chi connectivity index (χ4n) is 2.72. The number of aromatic amines is 1. The Balaban J connectivity index is 1.52. The molecule has 1 aromatic heterocycles. The summed E-state index contributed by atoms with van der Waals surface area (Å²) in [6, 6.07) is 0.384. The molecule has 2 aliphatic carbocycles. The Bertz CT molecular complexity index is 548. The number of hydrogen-bond acceptors (Lipinski definition) is 4. The molecule has 3 rings (SSSR count). The van der Waals surface area contributed by atoms with Gasteiger partial charge in [0.1, 0.15) is 0 Å². The zero-order valence-corrected chi connectivity index (χ0v) is 13.1. The molecule has 0 aromatic carbocycles. The van der Waals surface area contributed by atoms with E-state index in [-0.39, 0.29) is 11.6 Å². The van der Waals surface area contributed by atoms with Crippen molar-refractivity contribution in [3.05, 3.63) is 10.5 Å². The van der Waals surface area contributed by atoms with Gasteiger partial charge in [-0.05, 0) is 43.9 Å². The van der Waals surface area contributed by atoms with Gasteiger partial charge in [0.25, 0.3) is 0 Å². The first-order chi connectivity index (χ1) is 10.2. The number of aromatic nitrogens is 3. The molecule has 2 N–H and O–H groups in total. The van der Waals surface area contributed by atoms with Crippen LogP contribution in [0, 0.1) is 11.8 Å². The highest BCUT2D eigenvalue weighted by atomic mass is 32.2. The van der Waals surface area contributed by atoms with E-state index in [9.17, 15) is 9.59 Å². The van der Waals surface area contributed by atoms with Crippen molar-refractivity contribution in [2.75, 3.05) is 5.75 Å². The summed E-state index contributed by atoms with van der Waals surface area (Å²) in [6.07, 6.45) is 5.88. The number of carbonyl (C=O) groups is 1. The largest absolute Gasteiger partial charge is 0.352 e. The van der Waals surface area contributed by atoms with Crippen LogP contribution >= 0.6 is 11.8 Å². The van der Waals surface area contributed by atoms with Crippen LogP contribution in [0.15, 0.2) is 9.95 Å². The van der Waals surface area contributed by atoms with Gasteiger partial charge in [-0.25, -0.2) is 9.89 Å². The van der Waals surface area contributed by atoms with Gasteiger partial charge in [-0.15, -0.1) is 5.10 Å². The fourth-order valence-corrected chi connectivity index (χ4v) is 3.51. The van der Waals surface area contributed by atoms with E-state index in [1.807, 2.05) is 6.92 Å². The molecule has 7 heteroatoms. The lowest BCUT2D eigenvalue weighted by Crippen LogP contribution is -2.39. The lowest BCUT2D eigenvalue weighted by molar-refractivity contribution is -0.119. The maximum atomic E-state index is 12.1. The smallest absolute Gasteiger partial charge is 0.343 e. The summed E-state index contributed by atoms with van der Waals surface area (Å²) in [5.41, 5.74) is -0.200. The first-order valence-corrected chi connectivity index (χ1v) is 8.75. The van der Waals surface area contributed by atoms with Crippen molar-refractivity contribution in [1.29, 1.82) is 0 Å². The second-order valence-corrected chi connectivity index (χ2v) is 6.96. The fraction of sp³-hybridized carbons (Fsp3) is 0.786. The minimum Gasteiger partial charge on any atom is -0.352 e. The normalized spacial score (nSPS) is 18.2. The van der Waals surface area contributed by atoms with E-state index in [2.05, 4.69) is 15.5 Å². The Hall–Kier alpha value is -1.24. The molecule has 0 bridgehead atoms. The van der Waals surface area contributed by atoms with Crippen molar-refractivity contribution in [3.63, 3.8) is 0 Å². The molecule has 0 atom stereocenters. The Morgan fingerprint density at radius 3 is 2.67 bits per heavy atom. The summed E-state index contributed by atoms with van der Waals surface area (Å²) in [5, 5.41) is 10.2. The first kappa shape index (κ1) is 14.7. The van der Waals surface area contributed by atoms with Crippen LogP contribution in [0.1, 0.15) is 39.0 Å². The van der Waals surface area contributed by atoms with E-state index < -0.39 is 0 Å². The third kappa shape index (κ3) is 3.70. The zero-order valence-electron chi connectivity index (χ0n) is 12.3. The van der Waals surface area contributed by atoms with Gasteiger partial charge >= 0.3 is 5.69 Å². The second-order valence-electron chi connectivity index (χ2n) is 6.02. The molecule has 0 spiro atoms. The number of H-pyrrole nitrogens is 1. The molecular weight excluding hydrogens is 288 g/mol. The molecule has 116 valence electrons. The van der Waals surface area contributed by atoms with Crippen LogP contribution < -0.4 is 11.0 Å². The SMILES string of the molecule is CCCn1c(SCC(=O)NC(C2CC2)C2CC2)n[nH]c1=O. The highest BCUT2D eigenvalue weighted by Gasteiger charge is 2.42. The number of carbonyl (C=O) groups excluding carboxylic acids is 1. The Kier molecular flexibility index (Phi) is 4.37. The van der Waals surface area contributed by atoms with Crippen molar-refractivity contribution in [1.82, 2.24) is 20.1 Å². The summed E-state index contributed by atoms with van der Waals surface area (Å²) in [5.74, 6) is 1.79. The topological polar surface area (TPSA) is 79.8 Å². The summed E-state index contributed by atoms with van der Waals surface area (Å²) < 4.78 is 1.59. The van der Waals surface area contributed by atoms with E-state index in [4.69, 9.17) is 0 Å². The third-order valence-corrected chi connectivity index (χ3v) is 5.07. The molecule has 0 unspecified atom stereocenters. The molecule has 6 nitrogen and oxygen atoms in total. The Labute approximate surface area is 128 Å². The molecule has 0 saturated heterocycles. The summed E-state index contributed by atoms with van der Waals surface area (Å²) >= 11 is 1.33. The van der Waals surface area contributed by atoms with E-state index in [1.54, 1.807) is 4.57 Å². The highest BCUT2D eigenvalue weighted by molar-refractivity contribution is 7.99. The lowest BCUT2D eigenvalue weighted by Gasteiger charge is -2.17. The van der Waals surface area contributed by atoms with Crippen LogP contribution in [0.3, 0.4) is 0 Å². The average molecular weight is 310 g/mol. The molecule has 1 heterocycles. The summed E-state index contributed by atoms with van der Waals surface area (Å²) in [7, 11) is 0. The van der Waals surface area contributed by atoms with E-state index in [0.29, 0.717) is 35.3 Å². The number of amides is 1. The molecule has 2 fully saturated rings. The summed E-state index contributed by atoms with van der Waals surface area (Å²) in [4.78, 5) is 23.7. The molecule has 1 amide bonds. The average Bonchev–Trinajstić information content (AvgIpc) is 3.36. The molecular formula is C14H22N4O2S. The van der Waals surface area contributed by atoms with Crippen molar-refractivity contribution in [3.8, 4) is 0 Å². The summed E-state index contributed by atoms with van der Waals surface area (Å²) in [6.45, 7) is 2.64. The van der Waals surface area contributed by atoms with Gasteiger partial charge in [0.15, 0.2) is 5.16 Å². The van der Waals surface area contributed by atoms with Crippen LogP contribution in [0.4, 0.5) is 0 Å². The van der Waals surface area contributed by atoms with Crippen molar-refractivity contribution in [2.45, 2.75) is 56.8 Å². The van der Waals surface area contributed by atoms with E-state index >= 15 is 0 Å². The number of rotatable bonds is 8. The third-order valence-electron chi connectivity index (χ3n) is 4.09. The highest BCUT2D eigenvalue weighted by Crippen LogP contribution is 2.44. The predicted octanol–water partition coefficient (Wildman–Crippen LogP) is 1.38. The van der Waals surface area contributed by atoms with Gasteiger partial charge in [-0.3, -0.25) is 9.36 Å². The number of thioether (sulfide) groups is 1. The van der Waals surface area contributed by atoms with E-state index in [1.165, 1.54) is 37.4 Å². The van der Waals surface area contributed by atoms with Gasteiger partial charge in [0, 0.05) is 12.6 Å². The second kappa shape index (κ2) is 6.25. The molecule has 21 heavy (non-hydrogen) atoms. The number of nitrogens with zero attached hydrogens (tertiary/aromatic N) is 2. The van der Waals surface area contributed by atoms with E-state index in [0.717, 1.165) is 6.42 Å². The van der Waals surface area contributed by atoms with Crippen molar-refractivity contribution in [2.24, 2.45) is 11.8 Å². The van der Waals surface area contributed by atoms with Crippen molar-refractivity contribution < 1.29 is 4.79 Å². The minimum atomic E-state index is -0.200. The monoisotopic (exact) mass is 310 g/mol. The van der Waals surface area contributed by atoms with Gasteiger partial charge in [-0.1, -0.05) is 18.7 Å². The predicted molar refractivity (Wildman–Crippen MR) is 81.2 cm³/mol. The first-order valence-electron chi connectivity index (χ1n) is 7.76. The van der Waals surface area contributed by atoms with Crippen LogP contribution in [0.5, 0.6) is 0 Å². The molecule has 2 aliphatic rings. The van der Waals surface area contributed by atoms with Gasteiger partial charge < -0.3 is 5.32 Å². The van der Waals surface area contributed by atoms with Crippen LogP contribution in [0.2, 0.25) is 0 Å². The zero-order chi connectivity index (χ0) is 14.8. The standard InChI is InChI=1S/C14H22N4O2S/c1-2-7-18-13(20)16-17-14(18)21-8-11(19)15-12(9-3-4-9)10-5-6-10/h9-10,12H,2-8H2,1H3,(H,15,19)(H,16,20). The van der Waals surface area contributed by atoms with Crippen LogP contribution in [-0.2, 0) is 11.3 Å². The van der Waals surface area contributed by atoms with Crippen molar-refractivity contribution >= 4 is 17.7 Å². The van der Waals surface area contributed by atoms with Gasteiger partial charge in [-0.2, -0.15) is 0 Å². The Morgan fingerprint density at radius 1 is 1.43 bits per heavy atom. The van der Waals surface area contributed by atoms with Crippen LogP contribution in [-0.4, -0.2) is 32.5 Å².